The second-order valence-corrected chi connectivity index (χ2v) is 3.32. The first-order valence-electron chi connectivity index (χ1n) is 4.52. The smallest absolute Gasteiger partial charge is 0.161 e. The molecule has 5 heteroatoms. The molecule has 0 saturated carbocycles. The van der Waals surface area contributed by atoms with Crippen molar-refractivity contribution in [3.8, 4) is 0 Å². The fraction of sp³-hybridized carbons (Fsp3) is 0.400. The van der Waals surface area contributed by atoms with Gasteiger partial charge in [0.2, 0.25) is 0 Å². The van der Waals surface area contributed by atoms with E-state index in [0.29, 0.717) is 6.07 Å². The minimum atomic E-state index is -1.20. The van der Waals surface area contributed by atoms with E-state index in [2.05, 4.69) is 5.32 Å². The molecule has 0 radical (unpaired) electrons. The maximum absolute atomic E-state index is 13.1. The van der Waals surface area contributed by atoms with Gasteiger partial charge in [0, 0.05) is 24.2 Å². The first-order valence-corrected chi connectivity index (χ1v) is 4.52. The van der Waals surface area contributed by atoms with E-state index in [1.807, 2.05) is 0 Å². The summed E-state index contributed by atoms with van der Waals surface area (Å²) in [6.07, 6.45) is 0. The molecule has 0 amide bonds. The predicted molar refractivity (Wildman–Crippen MR) is 49.7 cm³/mol. The minimum Gasteiger partial charge on any atom is -0.395 e. The first kappa shape index (κ1) is 12.0. The van der Waals surface area contributed by atoms with Crippen LogP contribution in [0.4, 0.5) is 13.2 Å². The molecule has 1 atom stereocenters. The zero-order valence-corrected chi connectivity index (χ0v) is 8.23. The Balaban J connectivity index is 2.73. The molecule has 15 heavy (non-hydrogen) atoms. The van der Waals surface area contributed by atoms with Crippen molar-refractivity contribution < 1.29 is 18.3 Å². The van der Waals surface area contributed by atoms with Gasteiger partial charge >= 0.3 is 0 Å². The van der Waals surface area contributed by atoms with E-state index in [4.69, 9.17) is 5.11 Å². The topological polar surface area (TPSA) is 32.3 Å². The molecule has 1 aromatic carbocycles. The second-order valence-electron chi connectivity index (χ2n) is 3.32. The van der Waals surface area contributed by atoms with Gasteiger partial charge in [-0.2, -0.15) is 0 Å². The lowest BCUT2D eigenvalue weighted by Crippen LogP contribution is -2.29. The van der Waals surface area contributed by atoms with Gasteiger partial charge in [-0.3, -0.25) is 0 Å². The Bertz CT molecular complexity index is 344. The van der Waals surface area contributed by atoms with Crippen LogP contribution >= 0.6 is 0 Å². The molecule has 84 valence electrons. The summed E-state index contributed by atoms with van der Waals surface area (Å²) in [5, 5.41) is 11.4. The van der Waals surface area contributed by atoms with E-state index in [9.17, 15) is 13.2 Å². The van der Waals surface area contributed by atoms with Gasteiger partial charge in [0.05, 0.1) is 6.61 Å². The third kappa shape index (κ3) is 3.21. The average molecular weight is 219 g/mol. The highest BCUT2D eigenvalue weighted by Gasteiger charge is 2.10. The van der Waals surface area contributed by atoms with Crippen LogP contribution in [0.3, 0.4) is 0 Å². The summed E-state index contributed by atoms with van der Waals surface area (Å²) in [5.74, 6) is -3.08. The number of rotatable bonds is 4. The molecule has 0 bridgehead atoms. The van der Waals surface area contributed by atoms with Crippen LogP contribution in [0.15, 0.2) is 12.1 Å². The molecule has 1 aromatic rings. The summed E-state index contributed by atoms with van der Waals surface area (Å²) in [6.45, 7) is 1.63. The van der Waals surface area contributed by atoms with E-state index >= 15 is 0 Å². The van der Waals surface area contributed by atoms with Crippen LogP contribution in [-0.2, 0) is 6.54 Å². The van der Waals surface area contributed by atoms with Gasteiger partial charge < -0.3 is 10.4 Å². The number of hydrogen-bond acceptors (Lipinski definition) is 2. The molecule has 0 aromatic heterocycles. The minimum absolute atomic E-state index is 0.0363. The van der Waals surface area contributed by atoms with E-state index in [1.54, 1.807) is 6.92 Å². The number of aliphatic hydroxyl groups excluding tert-OH is 1. The molecule has 0 aliphatic heterocycles. The molecule has 0 saturated heterocycles. The van der Waals surface area contributed by atoms with Gasteiger partial charge in [-0.25, -0.2) is 13.2 Å². The lowest BCUT2D eigenvalue weighted by atomic mass is 10.2. The highest BCUT2D eigenvalue weighted by Crippen LogP contribution is 2.13. The summed E-state index contributed by atoms with van der Waals surface area (Å²) in [4.78, 5) is 0. The van der Waals surface area contributed by atoms with Crippen LogP contribution in [-0.4, -0.2) is 17.8 Å². The molecule has 0 spiro atoms. The molecule has 0 aliphatic rings. The molecule has 1 rings (SSSR count). The summed E-state index contributed by atoms with van der Waals surface area (Å²) >= 11 is 0. The van der Waals surface area contributed by atoms with Gasteiger partial charge in [-0.1, -0.05) is 0 Å². The molecule has 0 heterocycles. The molecule has 0 fully saturated rings. The third-order valence-electron chi connectivity index (χ3n) is 2.00. The summed E-state index contributed by atoms with van der Waals surface area (Å²) < 4.78 is 38.4. The van der Waals surface area contributed by atoms with Crippen molar-refractivity contribution in [1.29, 1.82) is 0 Å². The van der Waals surface area contributed by atoms with Crippen molar-refractivity contribution in [2.24, 2.45) is 0 Å². The van der Waals surface area contributed by atoms with E-state index in [1.165, 1.54) is 0 Å². The fourth-order valence-electron chi connectivity index (χ4n) is 1.05. The number of hydrogen-bond donors (Lipinski definition) is 2. The maximum atomic E-state index is 13.1. The molecule has 0 unspecified atom stereocenters. The van der Waals surface area contributed by atoms with Crippen molar-refractivity contribution in [3.05, 3.63) is 35.1 Å². The lowest BCUT2D eigenvalue weighted by Gasteiger charge is -2.11. The summed E-state index contributed by atoms with van der Waals surface area (Å²) in [5.41, 5.74) is 0.0363. The van der Waals surface area contributed by atoms with Crippen LogP contribution in [0.25, 0.3) is 0 Å². The van der Waals surface area contributed by atoms with Crippen molar-refractivity contribution in [2.45, 2.75) is 19.5 Å². The molecular weight excluding hydrogens is 207 g/mol. The SMILES string of the molecule is C[C@H](CO)NCc1cc(F)c(F)cc1F. The highest BCUT2D eigenvalue weighted by molar-refractivity contribution is 5.19. The van der Waals surface area contributed by atoms with Crippen molar-refractivity contribution in [3.63, 3.8) is 0 Å². The number of aliphatic hydroxyl groups is 1. The Morgan fingerprint density at radius 3 is 2.40 bits per heavy atom. The van der Waals surface area contributed by atoms with Gasteiger partial charge in [-0.05, 0) is 13.0 Å². The molecule has 0 aliphatic carbocycles. The fourth-order valence-corrected chi connectivity index (χ4v) is 1.05. The third-order valence-corrected chi connectivity index (χ3v) is 2.00. The van der Waals surface area contributed by atoms with Gasteiger partial charge in [0.1, 0.15) is 5.82 Å². The van der Waals surface area contributed by atoms with Crippen LogP contribution in [0.1, 0.15) is 12.5 Å². The zero-order valence-electron chi connectivity index (χ0n) is 8.23. The van der Waals surface area contributed by atoms with Gasteiger partial charge in [0.15, 0.2) is 11.6 Å². The van der Waals surface area contributed by atoms with Crippen LogP contribution < -0.4 is 5.32 Å². The van der Waals surface area contributed by atoms with Gasteiger partial charge in [0.25, 0.3) is 0 Å². The van der Waals surface area contributed by atoms with Gasteiger partial charge in [-0.15, -0.1) is 0 Å². The Labute approximate surface area is 85.7 Å². The van der Waals surface area contributed by atoms with E-state index in [0.717, 1.165) is 6.07 Å². The predicted octanol–water partition coefficient (Wildman–Crippen LogP) is 1.57. The molecule has 2 nitrogen and oxygen atoms in total. The maximum Gasteiger partial charge on any atom is 0.161 e. The monoisotopic (exact) mass is 219 g/mol. The second kappa shape index (κ2) is 5.14. The molecule has 2 N–H and O–H groups in total. The lowest BCUT2D eigenvalue weighted by molar-refractivity contribution is 0.250. The van der Waals surface area contributed by atoms with Crippen molar-refractivity contribution in [2.75, 3.05) is 6.61 Å². The summed E-state index contributed by atoms with van der Waals surface area (Å²) in [7, 11) is 0. The number of nitrogens with one attached hydrogen (secondary N) is 1. The first-order chi connectivity index (χ1) is 7.04. The highest BCUT2D eigenvalue weighted by atomic mass is 19.2. The summed E-state index contributed by atoms with van der Waals surface area (Å²) in [6, 6.07) is 1.09. The van der Waals surface area contributed by atoms with Crippen molar-refractivity contribution in [1.82, 2.24) is 5.32 Å². The quantitative estimate of drug-likeness (QED) is 0.753. The van der Waals surface area contributed by atoms with E-state index < -0.39 is 17.5 Å². The average Bonchev–Trinajstić information content (AvgIpc) is 2.21. The number of benzene rings is 1. The van der Waals surface area contributed by atoms with Crippen LogP contribution in [0, 0.1) is 17.5 Å². The normalized spacial score (nSPS) is 12.9. The van der Waals surface area contributed by atoms with Crippen LogP contribution in [0.5, 0.6) is 0 Å². The van der Waals surface area contributed by atoms with Crippen molar-refractivity contribution >= 4 is 0 Å². The zero-order chi connectivity index (χ0) is 11.4. The Morgan fingerprint density at radius 1 is 1.20 bits per heavy atom. The Morgan fingerprint density at radius 2 is 1.80 bits per heavy atom. The largest absolute Gasteiger partial charge is 0.395 e. The Hall–Kier alpha value is -1.07. The molecular formula is C10H12F3NO. The standard InChI is InChI=1S/C10H12F3NO/c1-6(5-15)14-4-7-2-9(12)10(13)3-8(7)11/h2-3,6,14-15H,4-5H2,1H3/t6-/m1/s1. The Kier molecular flexibility index (Phi) is 4.11. The van der Waals surface area contributed by atoms with Crippen LogP contribution in [0.2, 0.25) is 0 Å². The number of halogens is 3. The van der Waals surface area contributed by atoms with E-state index in [-0.39, 0.29) is 24.8 Å².